The Kier molecular flexibility index (Phi) is 7.75. The minimum absolute atomic E-state index is 0.0361. The summed E-state index contributed by atoms with van der Waals surface area (Å²) in [6.45, 7) is 2.64. The zero-order chi connectivity index (χ0) is 17.2. The van der Waals surface area contributed by atoms with Gasteiger partial charge >= 0.3 is 0 Å². The maximum atomic E-state index is 12.8. The van der Waals surface area contributed by atoms with E-state index in [4.69, 9.17) is 4.74 Å². The first kappa shape index (κ1) is 18.5. The fourth-order valence-corrected chi connectivity index (χ4v) is 3.08. The van der Waals surface area contributed by atoms with Crippen molar-refractivity contribution in [2.24, 2.45) is 5.92 Å². The molecule has 1 fully saturated rings. The Hall–Kier alpha value is -1.88. The van der Waals surface area contributed by atoms with Crippen LogP contribution < -0.4 is 5.32 Å². The summed E-state index contributed by atoms with van der Waals surface area (Å²) in [6.07, 6.45) is 3.89. The Morgan fingerprint density at radius 3 is 2.83 bits per heavy atom. The van der Waals surface area contributed by atoms with Gasteiger partial charge in [0.15, 0.2) is 0 Å². The van der Waals surface area contributed by atoms with Crippen molar-refractivity contribution in [3.63, 3.8) is 0 Å². The van der Waals surface area contributed by atoms with E-state index in [0.717, 1.165) is 37.8 Å². The quantitative estimate of drug-likeness (QED) is 0.744. The van der Waals surface area contributed by atoms with Crippen LogP contribution in [0.2, 0.25) is 0 Å². The summed E-state index contributed by atoms with van der Waals surface area (Å²) in [5.74, 6) is -0.118. The SMILES string of the molecule is COCCCNC(=O)CC1CCCCN(Cc2ccccc2)C1=O. The number of carbonyl (C=O) groups excluding carboxylic acids is 2. The zero-order valence-electron chi connectivity index (χ0n) is 14.5. The highest BCUT2D eigenvalue weighted by molar-refractivity contribution is 5.86. The lowest BCUT2D eigenvalue weighted by Crippen LogP contribution is -2.37. The molecule has 0 aromatic heterocycles. The summed E-state index contributed by atoms with van der Waals surface area (Å²) in [6, 6.07) is 10.0. The Morgan fingerprint density at radius 2 is 2.08 bits per heavy atom. The van der Waals surface area contributed by atoms with Crippen molar-refractivity contribution in [3.8, 4) is 0 Å². The Labute approximate surface area is 144 Å². The van der Waals surface area contributed by atoms with Gasteiger partial charge in [0.25, 0.3) is 0 Å². The fraction of sp³-hybridized carbons (Fsp3) is 0.579. The van der Waals surface area contributed by atoms with Crippen molar-refractivity contribution in [2.75, 3.05) is 26.8 Å². The minimum atomic E-state index is -0.196. The van der Waals surface area contributed by atoms with Crippen LogP contribution in [0.1, 0.15) is 37.7 Å². The summed E-state index contributed by atoms with van der Waals surface area (Å²) in [5, 5.41) is 2.88. The van der Waals surface area contributed by atoms with E-state index in [2.05, 4.69) is 5.32 Å². The van der Waals surface area contributed by atoms with Crippen LogP contribution in [0.25, 0.3) is 0 Å². The smallest absolute Gasteiger partial charge is 0.226 e. The number of benzene rings is 1. The lowest BCUT2D eigenvalue weighted by molar-refractivity contribution is -0.138. The molecule has 1 aromatic carbocycles. The Morgan fingerprint density at radius 1 is 1.29 bits per heavy atom. The van der Waals surface area contributed by atoms with E-state index < -0.39 is 0 Å². The van der Waals surface area contributed by atoms with Crippen LogP contribution in [0.15, 0.2) is 30.3 Å². The van der Waals surface area contributed by atoms with Gasteiger partial charge in [0.1, 0.15) is 0 Å². The van der Waals surface area contributed by atoms with Crippen molar-refractivity contribution in [3.05, 3.63) is 35.9 Å². The van der Waals surface area contributed by atoms with E-state index in [1.54, 1.807) is 7.11 Å². The van der Waals surface area contributed by atoms with Crippen molar-refractivity contribution in [1.82, 2.24) is 10.2 Å². The predicted molar refractivity (Wildman–Crippen MR) is 93.3 cm³/mol. The normalized spacial score (nSPS) is 18.3. The molecule has 1 saturated heterocycles. The third-order valence-corrected chi connectivity index (χ3v) is 4.39. The highest BCUT2D eigenvalue weighted by Gasteiger charge is 2.28. The number of methoxy groups -OCH3 is 1. The molecule has 5 heteroatoms. The standard InChI is InChI=1S/C19H28N2O3/c1-24-13-7-11-20-18(22)14-17-10-5-6-12-21(19(17)23)15-16-8-3-2-4-9-16/h2-4,8-9,17H,5-7,10-15H2,1H3,(H,20,22). The van der Waals surface area contributed by atoms with E-state index in [1.807, 2.05) is 35.2 Å². The molecule has 0 bridgehead atoms. The molecule has 1 aromatic rings. The van der Waals surface area contributed by atoms with Gasteiger partial charge in [0, 0.05) is 45.7 Å². The number of hydrogen-bond acceptors (Lipinski definition) is 3. The first-order valence-corrected chi connectivity index (χ1v) is 8.79. The lowest BCUT2D eigenvalue weighted by Gasteiger charge is -2.24. The highest BCUT2D eigenvalue weighted by atomic mass is 16.5. The van der Waals surface area contributed by atoms with Gasteiger partial charge in [-0.25, -0.2) is 0 Å². The highest BCUT2D eigenvalue weighted by Crippen LogP contribution is 2.22. The third kappa shape index (κ3) is 5.96. The number of nitrogens with one attached hydrogen (secondary N) is 1. The van der Waals surface area contributed by atoms with Gasteiger partial charge in [-0.05, 0) is 24.8 Å². The molecule has 0 radical (unpaired) electrons. The van der Waals surface area contributed by atoms with Gasteiger partial charge in [-0.2, -0.15) is 0 Å². The molecule has 5 nitrogen and oxygen atoms in total. The number of hydrogen-bond donors (Lipinski definition) is 1. The zero-order valence-corrected chi connectivity index (χ0v) is 14.5. The van der Waals surface area contributed by atoms with Crippen molar-refractivity contribution in [2.45, 2.75) is 38.6 Å². The Balaban J connectivity index is 1.87. The second-order valence-electron chi connectivity index (χ2n) is 6.34. The largest absolute Gasteiger partial charge is 0.385 e. The maximum absolute atomic E-state index is 12.8. The molecule has 1 heterocycles. The lowest BCUT2D eigenvalue weighted by atomic mass is 9.98. The van der Waals surface area contributed by atoms with Crippen LogP contribution in [0, 0.1) is 5.92 Å². The van der Waals surface area contributed by atoms with Crippen LogP contribution in [0.5, 0.6) is 0 Å². The van der Waals surface area contributed by atoms with Crippen molar-refractivity contribution >= 4 is 11.8 Å². The minimum Gasteiger partial charge on any atom is -0.385 e. The molecule has 1 N–H and O–H groups in total. The Bertz CT molecular complexity index is 519. The molecule has 1 aliphatic heterocycles. The molecular weight excluding hydrogens is 304 g/mol. The average molecular weight is 332 g/mol. The first-order valence-electron chi connectivity index (χ1n) is 8.79. The van der Waals surface area contributed by atoms with Gasteiger partial charge in [-0.15, -0.1) is 0 Å². The number of nitrogens with zero attached hydrogens (tertiary/aromatic N) is 1. The van der Waals surface area contributed by atoms with Crippen LogP contribution in [-0.4, -0.2) is 43.5 Å². The van der Waals surface area contributed by atoms with Crippen LogP contribution in [-0.2, 0) is 20.9 Å². The second-order valence-corrected chi connectivity index (χ2v) is 6.34. The van der Waals surface area contributed by atoms with E-state index in [0.29, 0.717) is 19.7 Å². The molecule has 0 saturated carbocycles. The van der Waals surface area contributed by atoms with Gasteiger partial charge < -0.3 is 15.0 Å². The molecule has 132 valence electrons. The summed E-state index contributed by atoms with van der Waals surface area (Å²) in [7, 11) is 1.65. The number of carbonyl (C=O) groups is 2. The molecule has 1 aliphatic rings. The number of rotatable bonds is 8. The van der Waals surface area contributed by atoms with Gasteiger partial charge in [0.05, 0.1) is 0 Å². The monoisotopic (exact) mass is 332 g/mol. The van der Waals surface area contributed by atoms with Crippen molar-refractivity contribution in [1.29, 1.82) is 0 Å². The summed E-state index contributed by atoms with van der Waals surface area (Å²) in [5.41, 5.74) is 1.13. The summed E-state index contributed by atoms with van der Waals surface area (Å²) < 4.78 is 4.97. The van der Waals surface area contributed by atoms with E-state index in [-0.39, 0.29) is 24.2 Å². The fourth-order valence-electron chi connectivity index (χ4n) is 3.08. The second kappa shape index (κ2) is 10.1. The van der Waals surface area contributed by atoms with E-state index in [9.17, 15) is 9.59 Å². The molecular formula is C19H28N2O3. The molecule has 0 aliphatic carbocycles. The molecule has 0 spiro atoms. The maximum Gasteiger partial charge on any atom is 0.226 e. The third-order valence-electron chi connectivity index (χ3n) is 4.39. The number of likely N-dealkylation sites (tertiary alicyclic amines) is 1. The van der Waals surface area contributed by atoms with Crippen molar-refractivity contribution < 1.29 is 14.3 Å². The molecule has 1 atom stereocenters. The predicted octanol–water partition coefficient (Wildman–Crippen LogP) is 2.36. The summed E-state index contributed by atoms with van der Waals surface area (Å²) >= 11 is 0. The van der Waals surface area contributed by atoms with Gasteiger partial charge in [-0.3, -0.25) is 9.59 Å². The molecule has 2 amide bonds. The molecule has 2 rings (SSSR count). The van der Waals surface area contributed by atoms with E-state index >= 15 is 0 Å². The first-order chi connectivity index (χ1) is 11.7. The summed E-state index contributed by atoms with van der Waals surface area (Å²) in [4.78, 5) is 26.8. The van der Waals surface area contributed by atoms with Gasteiger partial charge in [-0.1, -0.05) is 36.8 Å². The topological polar surface area (TPSA) is 58.6 Å². The number of ether oxygens (including phenoxy) is 1. The van der Waals surface area contributed by atoms with Crippen LogP contribution in [0.3, 0.4) is 0 Å². The van der Waals surface area contributed by atoms with Gasteiger partial charge in [0.2, 0.25) is 11.8 Å². The average Bonchev–Trinajstić information content (AvgIpc) is 2.76. The van der Waals surface area contributed by atoms with Crippen LogP contribution in [0.4, 0.5) is 0 Å². The number of amides is 2. The van der Waals surface area contributed by atoms with E-state index in [1.165, 1.54) is 0 Å². The molecule has 1 unspecified atom stereocenters. The molecule has 24 heavy (non-hydrogen) atoms. The van der Waals surface area contributed by atoms with Crippen LogP contribution >= 0.6 is 0 Å².